The van der Waals surface area contributed by atoms with E-state index in [1.165, 1.54) is 17.0 Å². The van der Waals surface area contributed by atoms with Crippen LogP contribution in [0.15, 0.2) is 36.5 Å². The normalized spacial score (nSPS) is 18.2. The lowest BCUT2D eigenvalue weighted by Gasteiger charge is -2.28. The lowest BCUT2D eigenvalue weighted by Crippen LogP contribution is -2.40. The number of benzene rings is 2. The Labute approximate surface area is 225 Å². The van der Waals surface area contributed by atoms with Crippen LogP contribution in [-0.4, -0.2) is 70.7 Å². The quantitative estimate of drug-likeness (QED) is 0.483. The summed E-state index contributed by atoms with van der Waals surface area (Å²) in [5.41, 5.74) is 2.11. The van der Waals surface area contributed by atoms with Gasteiger partial charge in [-0.2, -0.15) is 13.5 Å². The van der Waals surface area contributed by atoms with Gasteiger partial charge in [-0.05, 0) is 44.0 Å². The molecule has 1 aromatic heterocycles. The highest BCUT2D eigenvalue weighted by atomic mass is 32.1. The van der Waals surface area contributed by atoms with Crippen LogP contribution in [0.4, 0.5) is 20.3 Å². The summed E-state index contributed by atoms with van der Waals surface area (Å²) in [4.78, 5) is 37.9. The SMILES string of the molecule is CC(Nc1cc(F)cc(F)c1)c1cc(C(=O)N2CCC[C@H]2C(=O)O)cc2ncc(N3CCOCC3)nc12.S. The molecule has 2 aromatic carbocycles. The predicted octanol–water partition coefficient (Wildman–Crippen LogP) is 3.72. The highest BCUT2D eigenvalue weighted by Gasteiger charge is 2.35. The van der Waals surface area contributed by atoms with E-state index in [1.54, 1.807) is 25.3 Å². The number of amides is 1. The molecule has 5 rings (SSSR count). The largest absolute Gasteiger partial charge is 0.480 e. The monoisotopic (exact) mass is 545 g/mol. The number of morpholine rings is 1. The average Bonchev–Trinajstić information content (AvgIpc) is 3.37. The van der Waals surface area contributed by atoms with E-state index in [0.29, 0.717) is 68.1 Å². The summed E-state index contributed by atoms with van der Waals surface area (Å²) in [7, 11) is 0. The minimum Gasteiger partial charge on any atom is -0.480 e. The molecule has 0 radical (unpaired) electrons. The molecular weight excluding hydrogens is 516 g/mol. The number of nitrogens with zero attached hydrogens (tertiary/aromatic N) is 4. The van der Waals surface area contributed by atoms with Gasteiger partial charge in [0.25, 0.3) is 5.91 Å². The highest BCUT2D eigenvalue weighted by Crippen LogP contribution is 2.30. The van der Waals surface area contributed by atoms with E-state index in [1.807, 2.05) is 0 Å². The third-order valence-corrected chi connectivity index (χ3v) is 6.76. The van der Waals surface area contributed by atoms with Crippen molar-refractivity contribution in [1.82, 2.24) is 14.9 Å². The first-order valence-corrected chi connectivity index (χ1v) is 12.2. The summed E-state index contributed by atoms with van der Waals surface area (Å²) in [5, 5.41) is 12.6. The van der Waals surface area contributed by atoms with Crippen LogP contribution in [0.1, 0.15) is 41.7 Å². The van der Waals surface area contributed by atoms with Crippen molar-refractivity contribution in [3.63, 3.8) is 0 Å². The van der Waals surface area contributed by atoms with Crippen molar-refractivity contribution in [2.24, 2.45) is 0 Å². The first-order valence-electron chi connectivity index (χ1n) is 12.2. The van der Waals surface area contributed by atoms with Crippen LogP contribution in [-0.2, 0) is 9.53 Å². The molecule has 2 atom stereocenters. The van der Waals surface area contributed by atoms with Gasteiger partial charge in [0.05, 0.1) is 36.5 Å². The Morgan fingerprint density at radius 2 is 1.82 bits per heavy atom. The van der Waals surface area contributed by atoms with E-state index in [0.717, 1.165) is 6.07 Å². The van der Waals surface area contributed by atoms with Gasteiger partial charge in [-0.15, -0.1) is 0 Å². The number of carboxylic acids is 1. The summed E-state index contributed by atoms with van der Waals surface area (Å²) in [6, 6.07) is 5.04. The fourth-order valence-electron chi connectivity index (χ4n) is 4.93. The topological polar surface area (TPSA) is 108 Å². The zero-order valence-electron chi connectivity index (χ0n) is 20.8. The van der Waals surface area contributed by atoms with E-state index in [2.05, 4.69) is 15.2 Å². The molecule has 38 heavy (non-hydrogen) atoms. The molecule has 12 heteroatoms. The van der Waals surface area contributed by atoms with E-state index in [9.17, 15) is 23.5 Å². The maximum Gasteiger partial charge on any atom is 0.326 e. The molecule has 2 N–H and O–H groups in total. The number of carboxylic acid groups (broad SMARTS) is 1. The molecule has 202 valence electrons. The molecule has 2 saturated heterocycles. The molecule has 3 heterocycles. The number of anilines is 2. The number of aromatic nitrogens is 2. The van der Waals surface area contributed by atoms with Crippen molar-refractivity contribution in [3.05, 3.63) is 59.3 Å². The maximum atomic E-state index is 13.8. The van der Waals surface area contributed by atoms with Gasteiger partial charge in [-0.3, -0.25) is 9.78 Å². The van der Waals surface area contributed by atoms with Gasteiger partial charge in [0.15, 0.2) is 0 Å². The molecule has 0 spiro atoms. The van der Waals surface area contributed by atoms with Crippen LogP contribution in [0.2, 0.25) is 0 Å². The number of ether oxygens (including phenoxy) is 1. The van der Waals surface area contributed by atoms with Crippen molar-refractivity contribution < 1.29 is 28.2 Å². The van der Waals surface area contributed by atoms with Crippen molar-refractivity contribution in [2.75, 3.05) is 43.1 Å². The molecule has 2 fully saturated rings. The van der Waals surface area contributed by atoms with Gasteiger partial charge >= 0.3 is 5.97 Å². The summed E-state index contributed by atoms with van der Waals surface area (Å²) in [6.45, 7) is 4.61. The fraction of sp³-hybridized carbons (Fsp3) is 0.385. The second kappa shape index (κ2) is 11.5. The molecule has 3 aromatic rings. The Morgan fingerprint density at radius 3 is 2.50 bits per heavy atom. The van der Waals surface area contributed by atoms with Gasteiger partial charge in [0, 0.05) is 42.5 Å². The molecule has 9 nitrogen and oxygen atoms in total. The summed E-state index contributed by atoms with van der Waals surface area (Å²) in [5.74, 6) is -2.22. The number of hydrogen-bond donors (Lipinski definition) is 2. The molecule has 0 bridgehead atoms. The molecule has 0 saturated carbocycles. The van der Waals surface area contributed by atoms with Crippen molar-refractivity contribution >= 4 is 47.9 Å². The Morgan fingerprint density at radius 1 is 1.11 bits per heavy atom. The first-order chi connectivity index (χ1) is 17.8. The summed E-state index contributed by atoms with van der Waals surface area (Å²) < 4.78 is 33.1. The number of nitrogens with one attached hydrogen (secondary N) is 1. The van der Waals surface area contributed by atoms with E-state index in [-0.39, 0.29) is 24.7 Å². The van der Waals surface area contributed by atoms with Crippen LogP contribution in [0.25, 0.3) is 11.0 Å². The molecule has 1 unspecified atom stereocenters. The van der Waals surface area contributed by atoms with Crippen LogP contribution in [0, 0.1) is 11.6 Å². The number of fused-ring (bicyclic) bond motifs is 1. The second-order valence-corrected chi connectivity index (χ2v) is 9.28. The predicted molar refractivity (Wildman–Crippen MR) is 143 cm³/mol. The number of carbonyl (C=O) groups excluding carboxylic acids is 1. The van der Waals surface area contributed by atoms with Crippen molar-refractivity contribution in [1.29, 1.82) is 0 Å². The lowest BCUT2D eigenvalue weighted by molar-refractivity contribution is -0.141. The number of likely N-dealkylation sites (tertiary alicyclic amines) is 1. The van der Waals surface area contributed by atoms with E-state index < -0.39 is 35.6 Å². The first kappa shape index (κ1) is 27.5. The third kappa shape index (κ3) is 5.65. The number of aliphatic carboxylic acids is 1. The Kier molecular flexibility index (Phi) is 8.32. The highest BCUT2D eigenvalue weighted by molar-refractivity contribution is 7.59. The number of hydrogen-bond acceptors (Lipinski definition) is 7. The zero-order chi connectivity index (χ0) is 26.1. The minimum absolute atomic E-state index is 0. The number of halogens is 2. The van der Waals surface area contributed by atoms with Gasteiger partial charge in [-0.1, -0.05) is 0 Å². The van der Waals surface area contributed by atoms with Crippen LogP contribution in [0.3, 0.4) is 0 Å². The molecule has 0 aliphatic carbocycles. The molecule has 1 amide bonds. The van der Waals surface area contributed by atoms with Gasteiger partial charge in [0.2, 0.25) is 0 Å². The van der Waals surface area contributed by atoms with Crippen molar-refractivity contribution in [3.8, 4) is 0 Å². The minimum atomic E-state index is -1.04. The third-order valence-electron chi connectivity index (χ3n) is 6.76. The van der Waals surface area contributed by atoms with Gasteiger partial charge < -0.3 is 25.0 Å². The van der Waals surface area contributed by atoms with Crippen LogP contribution >= 0.6 is 13.5 Å². The van der Waals surface area contributed by atoms with E-state index >= 15 is 0 Å². The zero-order valence-corrected chi connectivity index (χ0v) is 21.8. The standard InChI is InChI=1S/C26H27F2N5O4.H2S/c1-15(30-19-12-17(27)11-18(28)13-19)20-9-16(25(34)33-4-2-3-22(33)26(35)36)10-21-24(20)31-23(14-29-21)32-5-7-37-8-6-32;/h9-15,22,30H,2-8H2,1H3,(H,35,36);1H2/t15?,22-;/m0./s1. The number of carbonyl (C=O) groups is 2. The molecule has 2 aliphatic rings. The average molecular weight is 546 g/mol. The second-order valence-electron chi connectivity index (χ2n) is 9.28. The lowest BCUT2D eigenvalue weighted by atomic mass is 10.0. The van der Waals surface area contributed by atoms with E-state index in [4.69, 9.17) is 9.72 Å². The number of rotatable bonds is 6. The van der Waals surface area contributed by atoms with Gasteiger partial charge in [0.1, 0.15) is 23.5 Å². The summed E-state index contributed by atoms with van der Waals surface area (Å²) >= 11 is 0. The molecular formula is C26H29F2N5O4S. The fourth-order valence-corrected chi connectivity index (χ4v) is 4.93. The smallest absolute Gasteiger partial charge is 0.326 e. The van der Waals surface area contributed by atoms with Crippen LogP contribution < -0.4 is 10.2 Å². The summed E-state index contributed by atoms with van der Waals surface area (Å²) in [6.07, 6.45) is 2.64. The van der Waals surface area contributed by atoms with Crippen LogP contribution in [0.5, 0.6) is 0 Å². The molecule has 2 aliphatic heterocycles. The van der Waals surface area contributed by atoms with Gasteiger partial charge in [-0.25, -0.2) is 18.6 Å². The van der Waals surface area contributed by atoms with Crippen molar-refractivity contribution in [2.45, 2.75) is 31.8 Å². The Balaban J connectivity index is 0.00000336. The Bertz CT molecular complexity index is 1330. The Hall–Kier alpha value is -3.51. The maximum absolute atomic E-state index is 13.8.